The van der Waals surface area contributed by atoms with E-state index in [9.17, 15) is 9.90 Å². The largest absolute Gasteiger partial charge is 0.506 e. The number of para-hydroxylation sites is 1. The summed E-state index contributed by atoms with van der Waals surface area (Å²) in [7, 11) is 1.54. The molecule has 0 unspecified atom stereocenters. The Morgan fingerprint density at radius 3 is 2.71 bits per heavy atom. The third kappa shape index (κ3) is 2.23. The summed E-state index contributed by atoms with van der Waals surface area (Å²) in [5.74, 6) is 0.450. The zero-order valence-corrected chi connectivity index (χ0v) is 11.8. The van der Waals surface area contributed by atoms with E-state index in [0.29, 0.717) is 22.3 Å². The van der Waals surface area contributed by atoms with Gasteiger partial charge in [0.05, 0.1) is 23.1 Å². The summed E-state index contributed by atoms with van der Waals surface area (Å²) in [5, 5.41) is 9.97. The Morgan fingerprint density at radius 1 is 1.19 bits per heavy atom. The highest BCUT2D eigenvalue weighted by atomic mass is 35.5. The zero-order chi connectivity index (χ0) is 15.0. The number of fused-ring (bicyclic) bond motifs is 1. The lowest BCUT2D eigenvalue weighted by atomic mass is 10.0. The molecule has 4 nitrogen and oxygen atoms in total. The fourth-order valence-corrected chi connectivity index (χ4v) is 2.36. The van der Waals surface area contributed by atoms with Gasteiger partial charge >= 0.3 is 0 Å². The molecule has 21 heavy (non-hydrogen) atoms. The lowest BCUT2D eigenvalue weighted by Crippen LogP contribution is -2.05. The van der Waals surface area contributed by atoms with Crippen LogP contribution in [0.4, 0.5) is 0 Å². The molecule has 3 rings (SSSR count). The van der Waals surface area contributed by atoms with E-state index < -0.39 is 0 Å². The van der Waals surface area contributed by atoms with Crippen molar-refractivity contribution < 1.29 is 14.3 Å². The molecule has 1 aromatic heterocycles. The maximum Gasteiger partial charge on any atom is 0.200 e. The van der Waals surface area contributed by atoms with Gasteiger partial charge in [0.1, 0.15) is 23.3 Å². The summed E-state index contributed by atoms with van der Waals surface area (Å²) in [6.07, 6.45) is 1.36. The lowest BCUT2D eigenvalue weighted by Gasteiger charge is -2.08. The number of aromatic hydroxyl groups is 1. The molecule has 0 aliphatic rings. The van der Waals surface area contributed by atoms with Crippen LogP contribution in [0.5, 0.6) is 11.5 Å². The molecule has 0 atom stereocenters. The number of benzene rings is 2. The molecule has 5 heteroatoms. The molecule has 0 saturated carbocycles. The van der Waals surface area contributed by atoms with Gasteiger partial charge in [0.2, 0.25) is 5.43 Å². The SMILES string of the molecule is COc1ccccc1-c1coc2cc(O)c(Cl)cc2c1=O. The number of hydrogen-bond donors (Lipinski definition) is 1. The second-order valence-electron chi connectivity index (χ2n) is 4.48. The van der Waals surface area contributed by atoms with Crippen LogP contribution in [0.3, 0.4) is 0 Å². The van der Waals surface area contributed by atoms with Crippen LogP contribution in [0, 0.1) is 0 Å². The predicted octanol–water partition coefficient (Wildman–Crippen LogP) is 3.83. The number of rotatable bonds is 2. The second-order valence-corrected chi connectivity index (χ2v) is 4.89. The quantitative estimate of drug-likeness (QED) is 0.781. The van der Waals surface area contributed by atoms with E-state index in [2.05, 4.69) is 0 Å². The Morgan fingerprint density at radius 2 is 1.95 bits per heavy atom. The normalized spacial score (nSPS) is 10.8. The highest BCUT2D eigenvalue weighted by Crippen LogP contribution is 2.31. The molecule has 0 spiro atoms. The zero-order valence-electron chi connectivity index (χ0n) is 11.1. The highest BCUT2D eigenvalue weighted by molar-refractivity contribution is 6.32. The topological polar surface area (TPSA) is 59.7 Å². The second kappa shape index (κ2) is 5.14. The molecule has 3 aromatic rings. The average molecular weight is 303 g/mol. The first kappa shape index (κ1) is 13.5. The molecular formula is C16H11ClO4. The van der Waals surface area contributed by atoms with Crippen LogP contribution in [0.25, 0.3) is 22.1 Å². The van der Waals surface area contributed by atoms with Crippen molar-refractivity contribution in [3.63, 3.8) is 0 Å². The van der Waals surface area contributed by atoms with E-state index >= 15 is 0 Å². The molecule has 0 fully saturated rings. The van der Waals surface area contributed by atoms with Crippen molar-refractivity contribution in [3.8, 4) is 22.6 Å². The van der Waals surface area contributed by atoms with Gasteiger partial charge in [-0.2, -0.15) is 0 Å². The van der Waals surface area contributed by atoms with Crippen molar-refractivity contribution in [1.82, 2.24) is 0 Å². The molecule has 0 radical (unpaired) electrons. The van der Waals surface area contributed by atoms with Gasteiger partial charge in [-0.15, -0.1) is 0 Å². The van der Waals surface area contributed by atoms with Crippen LogP contribution < -0.4 is 10.2 Å². The molecule has 0 aliphatic carbocycles. The summed E-state index contributed by atoms with van der Waals surface area (Å²) < 4.78 is 10.7. The number of ether oxygens (including phenoxy) is 1. The minimum Gasteiger partial charge on any atom is -0.506 e. The van der Waals surface area contributed by atoms with E-state index in [1.165, 1.54) is 25.5 Å². The van der Waals surface area contributed by atoms with Crippen LogP contribution in [0.1, 0.15) is 0 Å². The maximum atomic E-state index is 12.6. The molecule has 1 heterocycles. The van der Waals surface area contributed by atoms with Gasteiger partial charge < -0.3 is 14.3 Å². The van der Waals surface area contributed by atoms with E-state index in [1.807, 2.05) is 12.1 Å². The minimum absolute atomic E-state index is 0.104. The molecular weight excluding hydrogens is 292 g/mol. The number of hydrogen-bond acceptors (Lipinski definition) is 4. The van der Waals surface area contributed by atoms with Crippen molar-refractivity contribution in [2.24, 2.45) is 0 Å². The third-order valence-corrected chi connectivity index (χ3v) is 3.54. The van der Waals surface area contributed by atoms with Gasteiger partial charge in [0.25, 0.3) is 0 Å². The monoisotopic (exact) mass is 302 g/mol. The number of phenols is 1. The van der Waals surface area contributed by atoms with Crippen LogP contribution in [0.15, 0.2) is 51.9 Å². The van der Waals surface area contributed by atoms with Crippen molar-refractivity contribution >= 4 is 22.6 Å². The Kier molecular flexibility index (Phi) is 3.31. The van der Waals surface area contributed by atoms with Crippen LogP contribution >= 0.6 is 11.6 Å². The first-order valence-electron chi connectivity index (χ1n) is 6.19. The smallest absolute Gasteiger partial charge is 0.200 e. The standard InChI is InChI=1S/C16H11ClO4/c1-20-14-5-3-2-4-9(14)11-8-21-15-7-13(18)12(17)6-10(15)16(11)19/h2-8,18H,1H3. The summed E-state index contributed by atoms with van der Waals surface area (Å²) >= 11 is 5.86. The Bertz CT molecular complexity index is 883. The van der Waals surface area contributed by atoms with Gasteiger partial charge in [0.15, 0.2) is 0 Å². The van der Waals surface area contributed by atoms with Gasteiger partial charge in [-0.1, -0.05) is 29.8 Å². The summed E-state index contributed by atoms with van der Waals surface area (Å²) in [6, 6.07) is 9.90. The molecule has 0 bridgehead atoms. The van der Waals surface area contributed by atoms with E-state index in [-0.39, 0.29) is 21.8 Å². The van der Waals surface area contributed by atoms with Gasteiger partial charge in [0, 0.05) is 11.6 Å². The van der Waals surface area contributed by atoms with Gasteiger partial charge in [-0.3, -0.25) is 4.79 Å². The average Bonchev–Trinajstić information content (AvgIpc) is 2.50. The molecule has 0 saturated heterocycles. The van der Waals surface area contributed by atoms with Crippen LogP contribution in [0.2, 0.25) is 5.02 Å². The van der Waals surface area contributed by atoms with Gasteiger partial charge in [-0.05, 0) is 12.1 Å². The van der Waals surface area contributed by atoms with Gasteiger partial charge in [-0.25, -0.2) is 0 Å². The fraction of sp³-hybridized carbons (Fsp3) is 0.0625. The van der Waals surface area contributed by atoms with E-state index in [0.717, 1.165) is 0 Å². The van der Waals surface area contributed by atoms with Crippen molar-refractivity contribution in [1.29, 1.82) is 0 Å². The molecule has 0 amide bonds. The van der Waals surface area contributed by atoms with Crippen LogP contribution in [-0.4, -0.2) is 12.2 Å². The summed E-state index contributed by atoms with van der Waals surface area (Å²) in [6.45, 7) is 0. The number of methoxy groups -OCH3 is 1. The van der Waals surface area contributed by atoms with Crippen molar-refractivity contribution in [2.75, 3.05) is 7.11 Å². The Labute approximate surface area is 125 Å². The van der Waals surface area contributed by atoms with E-state index in [1.54, 1.807) is 12.1 Å². The Balaban J connectivity index is 2.32. The van der Waals surface area contributed by atoms with Crippen molar-refractivity contribution in [3.05, 3.63) is 57.9 Å². The third-order valence-electron chi connectivity index (χ3n) is 3.24. The summed E-state index contributed by atoms with van der Waals surface area (Å²) in [4.78, 5) is 12.6. The number of phenolic OH excluding ortho intramolecular Hbond substituents is 1. The summed E-state index contributed by atoms with van der Waals surface area (Å²) in [5.41, 5.74) is 1.06. The number of halogens is 1. The maximum absolute atomic E-state index is 12.6. The molecule has 106 valence electrons. The fourth-order valence-electron chi connectivity index (χ4n) is 2.19. The van der Waals surface area contributed by atoms with Crippen molar-refractivity contribution in [2.45, 2.75) is 0 Å². The predicted molar refractivity (Wildman–Crippen MR) is 81.1 cm³/mol. The molecule has 2 aromatic carbocycles. The highest BCUT2D eigenvalue weighted by Gasteiger charge is 2.14. The van der Waals surface area contributed by atoms with Crippen LogP contribution in [-0.2, 0) is 0 Å². The first-order chi connectivity index (χ1) is 10.1. The Hall–Kier alpha value is -2.46. The van der Waals surface area contributed by atoms with E-state index in [4.69, 9.17) is 20.8 Å². The lowest BCUT2D eigenvalue weighted by molar-refractivity contribution is 0.416. The first-order valence-corrected chi connectivity index (χ1v) is 6.57. The molecule has 0 aliphatic heterocycles. The molecule has 1 N–H and O–H groups in total. The minimum atomic E-state index is -0.234.